The smallest absolute Gasteiger partial charge is 0.244 e. The van der Waals surface area contributed by atoms with Gasteiger partial charge in [0.15, 0.2) is 0 Å². The van der Waals surface area contributed by atoms with E-state index in [-0.39, 0.29) is 23.2 Å². The second-order valence-electron chi connectivity index (χ2n) is 5.96. The van der Waals surface area contributed by atoms with Crippen LogP contribution in [0.5, 0.6) is 0 Å². The molecule has 2 fully saturated rings. The summed E-state index contributed by atoms with van der Waals surface area (Å²) >= 11 is 0. The van der Waals surface area contributed by atoms with Crippen molar-refractivity contribution in [2.45, 2.75) is 56.2 Å². The second-order valence-corrected chi connectivity index (χ2v) is 7.61. The van der Waals surface area contributed by atoms with Gasteiger partial charge in [-0.3, -0.25) is 5.10 Å². The Morgan fingerprint density at radius 3 is 3.00 bits per heavy atom. The Bertz CT molecular complexity index is 613. The summed E-state index contributed by atoms with van der Waals surface area (Å²) < 4.78 is 27.9. The van der Waals surface area contributed by atoms with Gasteiger partial charge in [0.05, 0.1) is 12.3 Å². The number of aromatic amines is 1. The lowest BCUT2D eigenvalue weighted by molar-refractivity contribution is 0.176. The SMILES string of the molecule is Cc1[nH]nc(CO)c1S(=O)(=O)NC1CCN2CCCC2C1. The van der Waals surface area contributed by atoms with E-state index in [0.717, 1.165) is 32.4 Å². The molecular weight excluding hydrogens is 292 g/mol. The maximum absolute atomic E-state index is 12.6. The van der Waals surface area contributed by atoms with Crippen LogP contribution in [0.15, 0.2) is 4.90 Å². The predicted molar refractivity (Wildman–Crippen MR) is 77.2 cm³/mol. The van der Waals surface area contributed by atoms with Gasteiger partial charge in [-0.2, -0.15) is 5.10 Å². The van der Waals surface area contributed by atoms with Crippen molar-refractivity contribution < 1.29 is 13.5 Å². The lowest BCUT2D eigenvalue weighted by Crippen LogP contribution is -2.47. The molecule has 7 nitrogen and oxygen atoms in total. The Hall–Kier alpha value is -0.960. The van der Waals surface area contributed by atoms with E-state index in [1.165, 1.54) is 6.42 Å². The van der Waals surface area contributed by atoms with Crippen LogP contribution in [0.25, 0.3) is 0 Å². The molecule has 0 radical (unpaired) electrons. The van der Waals surface area contributed by atoms with E-state index in [9.17, 15) is 13.5 Å². The number of hydrogen-bond donors (Lipinski definition) is 3. The fourth-order valence-electron chi connectivity index (χ4n) is 3.54. The van der Waals surface area contributed by atoms with Gasteiger partial charge in [0.25, 0.3) is 0 Å². The van der Waals surface area contributed by atoms with Crippen molar-refractivity contribution in [2.24, 2.45) is 0 Å². The molecule has 0 saturated carbocycles. The number of piperidine rings is 1. The maximum atomic E-state index is 12.6. The normalized spacial score (nSPS) is 27.0. The third kappa shape index (κ3) is 2.85. The van der Waals surface area contributed by atoms with Gasteiger partial charge in [0, 0.05) is 12.1 Å². The molecule has 118 valence electrons. The van der Waals surface area contributed by atoms with Gasteiger partial charge in [-0.1, -0.05) is 0 Å². The zero-order valence-electron chi connectivity index (χ0n) is 12.2. The average Bonchev–Trinajstić information content (AvgIpc) is 3.03. The minimum absolute atomic E-state index is 0.0322. The quantitative estimate of drug-likeness (QED) is 0.733. The molecule has 2 aliphatic heterocycles. The van der Waals surface area contributed by atoms with Crippen LogP contribution in [-0.2, 0) is 16.6 Å². The first kappa shape index (κ1) is 15.0. The molecular formula is C13H22N4O3S. The minimum atomic E-state index is -3.64. The largest absolute Gasteiger partial charge is 0.390 e. The van der Waals surface area contributed by atoms with Gasteiger partial charge < -0.3 is 10.0 Å². The van der Waals surface area contributed by atoms with Gasteiger partial charge >= 0.3 is 0 Å². The molecule has 8 heteroatoms. The van der Waals surface area contributed by atoms with E-state index in [1.54, 1.807) is 6.92 Å². The van der Waals surface area contributed by atoms with Crippen LogP contribution >= 0.6 is 0 Å². The molecule has 0 aromatic carbocycles. The summed E-state index contributed by atoms with van der Waals surface area (Å²) in [6.07, 6.45) is 4.07. The molecule has 2 atom stereocenters. The fourth-order valence-corrected chi connectivity index (χ4v) is 5.18. The lowest BCUT2D eigenvalue weighted by Gasteiger charge is -2.34. The molecule has 1 aromatic rings. The Kier molecular flexibility index (Phi) is 4.04. The number of nitrogens with zero attached hydrogens (tertiary/aromatic N) is 2. The van der Waals surface area contributed by atoms with Gasteiger partial charge in [-0.25, -0.2) is 13.1 Å². The Morgan fingerprint density at radius 2 is 2.24 bits per heavy atom. The van der Waals surface area contributed by atoms with Crippen LogP contribution < -0.4 is 4.72 Å². The van der Waals surface area contributed by atoms with Crippen molar-refractivity contribution in [3.8, 4) is 0 Å². The van der Waals surface area contributed by atoms with Crippen molar-refractivity contribution in [3.63, 3.8) is 0 Å². The maximum Gasteiger partial charge on any atom is 0.244 e. The number of rotatable bonds is 4. The predicted octanol–water partition coefficient (Wildman–Crippen LogP) is 0.116. The first-order chi connectivity index (χ1) is 10.0. The highest BCUT2D eigenvalue weighted by Gasteiger charge is 2.34. The van der Waals surface area contributed by atoms with E-state index in [0.29, 0.717) is 11.7 Å². The molecule has 3 rings (SSSR count). The van der Waals surface area contributed by atoms with Gasteiger partial charge in [-0.05, 0) is 45.7 Å². The number of aromatic nitrogens is 2. The summed E-state index contributed by atoms with van der Waals surface area (Å²) in [7, 11) is -3.64. The van der Waals surface area contributed by atoms with Gasteiger partial charge in [-0.15, -0.1) is 0 Å². The van der Waals surface area contributed by atoms with Crippen molar-refractivity contribution >= 4 is 10.0 Å². The molecule has 2 unspecified atom stereocenters. The second kappa shape index (κ2) is 5.68. The van der Waals surface area contributed by atoms with Gasteiger partial charge in [0.1, 0.15) is 10.6 Å². The first-order valence-electron chi connectivity index (χ1n) is 7.42. The molecule has 0 aliphatic carbocycles. The number of aryl methyl sites for hydroxylation is 1. The number of nitrogens with one attached hydrogen (secondary N) is 2. The third-order valence-electron chi connectivity index (χ3n) is 4.52. The van der Waals surface area contributed by atoms with Crippen molar-refractivity contribution in [3.05, 3.63) is 11.4 Å². The zero-order valence-corrected chi connectivity index (χ0v) is 13.0. The van der Waals surface area contributed by atoms with E-state index < -0.39 is 10.0 Å². The number of fused-ring (bicyclic) bond motifs is 1. The number of hydrogen-bond acceptors (Lipinski definition) is 5. The topological polar surface area (TPSA) is 98.3 Å². The van der Waals surface area contributed by atoms with Gasteiger partial charge in [0.2, 0.25) is 10.0 Å². The van der Waals surface area contributed by atoms with E-state index in [4.69, 9.17) is 0 Å². The zero-order chi connectivity index (χ0) is 15.0. The summed E-state index contributed by atoms with van der Waals surface area (Å²) in [5.41, 5.74) is 0.642. The molecule has 2 saturated heterocycles. The molecule has 21 heavy (non-hydrogen) atoms. The number of aliphatic hydroxyl groups is 1. The van der Waals surface area contributed by atoms with Crippen LogP contribution in [0.3, 0.4) is 0 Å². The molecule has 3 heterocycles. The van der Waals surface area contributed by atoms with Crippen LogP contribution in [0, 0.1) is 6.92 Å². The Labute approximate surface area is 124 Å². The Morgan fingerprint density at radius 1 is 1.43 bits per heavy atom. The van der Waals surface area contributed by atoms with Crippen molar-refractivity contribution in [1.29, 1.82) is 0 Å². The standard InChI is InChI=1S/C13H22N4O3S/c1-9-13(12(8-18)15-14-9)21(19,20)16-10-4-6-17-5-2-3-11(17)7-10/h10-11,16,18H,2-8H2,1H3,(H,14,15). The average molecular weight is 314 g/mol. The fraction of sp³-hybridized carbons (Fsp3) is 0.769. The number of H-pyrrole nitrogens is 1. The third-order valence-corrected chi connectivity index (χ3v) is 6.24. The highest BCUT2D eigenvalue weighted by molar-refractivity contribution is 7.89. The van der Waals surface area contributed by atoms with E-state index >= 15 is 0 Å². The van der Waals surface area contributed by atoms with E-state index in [1.807, 2.05) is 0 Å². The number of aliphatic hydroxyl groups excluding tert-OH is 1. The highest BCUT2D eigenvalue weighted by atomic mass is 32.2. The molecule has 2 aliphatic rings. The van der Waals surface area contributed by atoms with Crippen LogP contribution in [0.1, 0.15) is 37.1 Å². The summed E-state index contributed by atoms with van der Waals surface area (Å²) in [5, 5.41) is 15.7. The molecule has 1 aromatic heterocycles. The van der Waals surface area contributed by atoms with Crippen molar-refractivity contribution in [2.75, 3.05) is 13.1 Å². The van der Waals surface area contributed by atoms with Crippen LogP contribution in [0.4, 0.5) is 0 Å². The molecule has 0 bridgehead atoms. The van der Waals surface area contributed by atoms with Crippen molar-refractivity contribution in [1.82, 2.24) is 19.8 Å². The summed E-state index contributed by atoms with van der Waals surface area (Å²) in [5.74, 6) is 0. The molecule has 3 N–H and O–H groups in total. The minimum Gasteiger partial charge on any atom is -0.390 e. The summed E-state index contributed by atoms with van der Waals surface area (Å²) in [6.45, 7) is 3.36. The van der Waals surface area contributed by atoms with Crippen LogP contribution in [0.2, 0.25) is 0 Å². The number of sulfonamides is 1. The molecule has 0 spiro atoms. The monoisotopic (exact) mass is 314 g/mol. The molecule has 0 amide bonds. The Balaban J connectivity index is 1.75. The highest BCUT2D eigenvalue weighted by Crippen LogP contribution is 2.28. The van der Waals surface area contributed by atoms with Crippen LogP contribution in [-0.4, -0.2) is 53.8 Å². The summed E-state index contributed by atoms with van der Waals surface area (Å²) in [4.78, 5) is 2.55. The van der Waals surface area contributed by atoms with E-state index in [2.05, 4.69) is 19.8 Å². The lowest BCUT2D eigenvalue weighted by atomic mass is 9.99. The summed E-state index contributed by atoms with van der Waals surface area (Å²) in [6, 6.07) is 0.476. The first-order valence-corrected chi connectivity index (χ1v) is 8.90.